The van der Waals surface area contributed by atoms with E-state index in [1.54, 1.807) is 6.20 Å². The highest BCUT2D eigenvalue weighted by molar-refractivity contribution is 5.95. The van der Waals surface area contributed by atoms with Gasteiger partial charge in [-0.3, -0.25) is 9.78 Å². The van der Waals surface area contributed by atoms with Gasteiger partial charge in [-0.05, 0) is 48.1 Å². The van der Waals surface area contributed by atoms with Crippen molar-refractivity contribution in [2.75, 3.05) is 26.3 Å². The summed E-state index contributed by atoms with van der Waals surface area (Å²) in [4.78, 5) is 24.1. The molecule has 2 aromatic carbocycles. The zero-order valence-electron chi connectivity index (χ0n) is 18.9. The average molecular weight is 441 g/mol. The van der Waals surface area contributed by atoms with E-state index in [1.807, 2.05) is 60.7 Å². The summed E-state index contributed by atoms with van der Waals surface area (Å²) in [5, 5.41) is 2.33. The molecule has 168 valence electrons. The lowest BCUT2D eigenvalue weighted by Gasteiger charge is -2.25. The summed E-state index contributed by atoms with van der Waals surface area (Å²) < 4.78 is 7.96. The minimum atomic E-state index is 0.0709. The summed E-state index contributed by atoms with van der Waals surface area (Å²) >= 11 is 0. The van der Waals surface area contributed by atoms with Gasteiger partial charge in [0.15, 0.2) is 0 Å². The van der Waals surface area contributed by atoms with Gasteiger partial charge in [-0.25, -0.2) is 4.98 Å². The van der Waals surface area contributed by atoms with Crippen LogP contribution in [0.1, 0.15) is 27.3 Å². The highest BCUT2D eigenvalue weighted by Crippen LogP contribution is 2.21. The first-order valence-electron chi connectivity index (χ1n) is 11.4. The molecular formula is C27H28N4O2. The number of aromatic nitrogens is 3. The molecule has 2 aromatic heterocycles. The lowest BCUT2D eigenvalue weighted by atomic mass is 9.97. The van der Waals surface area contributed by atoms with E-state index in [4.69, 9.17) is 4.74 Å². The Morgan fingerprint density at radius 3 is 2.91 bits per heavy atom. The number of amides is 1. The largest absolute Gasteiger partial charge is 0.379 e. The fourth-order valence-electron chi connectivity index (χ4n) is 4.57. The summed E-state index contributed by atoms with van der Waals surface area (Å²) in [6.07, 6.45) is 8.32. The summed E-state index contributed by atoms with van der Waals surface area (Å²) in [6, 6.07) is 16.4. The number of nitrogens with zero attached hydrogens (tertiary/aromatic N) is 4. The molecule has 1 fully saturated rings. The number of ether oxygens (including phenoxy) is 1. The van der Waals surface area contributed by atoms with Gasteiger partial charge in [0, 0.05) is 61.3 Å². The molecule has 3 heterocycles. The zero-order chi connectivity index (χ0) is 22.6. The Kier molecular flexibility index (Phi) is 6.17. The highest BCUT2D eigenvalue weighted by Gasteiger charge is 2.25. The molecule has 33 heavy (non-hydrogen) atoms. The fourth-order valence-corrected chi connectivity index (χ4v) is 4.57. The standard InChI is InChI=1S/C27H28N4O2/c1-20-29-10-11-30(20)18-24-4-2-3-5-26(24)27(32)31-12-13-33-19-22(17-31)14-21-6-7-23-8-9-28-16-25(23)15-21/h2-11,15-16,22H,12-14,17-19H2,1H3/t22-/m0/s1. The Labute approximate surface area is 193 Å². The third kappa shape index (κ3) is 4.81. The van der Waals surface area contributed by atoms with Gasteiger partial charge in [0.25, 0.3) is 5.91 Å². The fraction of sp³-hybridized carbons (Fsp3) is 0.296. The van der Waals surface area contributed by atoms with Crippen LogP contribution in [0.15, 0.2) is 73.3 Å². The predicted octanol–water partition coefficient (Wildman–Crippen LogP) is 4.12. The molecule has 0 bridgehead atoms. The number of aryl methyl sites for hydroxylation is 1. The van der Waals surface area contributed by atoms with E-state index in [-0.39, 0.29) is 11.8 Å². The number of hydrogen-bond donors (Lipinski definition) is 0. The van der Waals surface area contributed by atoms with Crippen LogP contribution in [0.2, 0.25) is 0 Å². The average Bonchev–Trinajstić information content (AvgIpc) is 3.10. The predicted molar refractivity (Wildman–Crippen MR) is 128 cm³/mol. The van der Waals surface area contributed by atoms with Crippen molar-refractivity contribution in [2.45, 2.75) is 19.9 Å². The SMILES string of the molecule is Cc1nccn1Cc1ccccc1C(=O)N1CCOC[C@@H](Cc2ccc3ccncc3c2)C1. The van der Waals surface area contributed by atoms with Gasteiger partial charge in [0.1, 0.15) is 5.82 Å². The Hall–Kier alpha value is -3.51. The molecule has 1 amide bonds. The van der Waals surface area contributed by atoms with Gasteiger partial charge in [0.2, 0.25) is 0 Å². The van der Waals surface area contributed by atoms with E-state index in [1.165, 1.54) is 10.9 Å². The number of carbonyl (C=O) groups excluding carboxylic acids is 1. The molecular weight excluding hydrogens is 412 g/mol. The molecule has 0 aliphatic carbocycles. The maximum Gasteiger partial charge on any atom is 0.254 e. The molecule has 0 saturated carbocycles. The Bertz CT molecular complexity index is 1270. The zero-order valence-corrected chi connectivity index (χ0v) is 18.9. The highest BCUT2D eigenvalue weighted by atomic mass is 16.5. The van der Waals surface area contributed by atoms with Crippen LogP contribution in [0, 0.1) is 12.8 Å². The smallest absolute Gasteiger partial charge is 0.254 e. The Morgan fingerprint density at radius 2 is 2.03 bits per heavy atom. The second-order valence-electron chi connectivity index (χ2n) is 8.71. The van der Waals surface area contributed by atoms with Crippen LogP contribution < -0.4 is 0 Å². The minimum absolute atomic E-state index is 0.0709. The van der Waals surface area contributed by atoms with Crippen LogP contribution in [-0.2, 0) is 17.7 Å². The van der Waals surface area contributed by atoms with Gasteiger partial charge in [-0.1, -0.05) is 30.3 Å². The first-order valence-corrected chi connectivity index (χ1v) is 11.4. The van der Waals surface area contributed by atoms with E-state index in [0.717, 1.165) is 28.8 Å². The van der Waals surface area contributed by atoms with Crippen molar-refractivity contribution in [3.05, 3.63) is 95.8 Å². The van der Waals surface area contributed by atoms with Gasteiger partial charge in [-0.2, -0.15) is 0 Å². The normalized spacial score (nSPS) is 16.6. The van der Waals surface area contributed by atoms with E-state index in [2.05, 4.69) is 32.7 Å². The van der Waals surface area contributed by atoms with Crippen LogP contribution in [0.5, 0.6) is 0 Å². The Balaban J connectivity index is 1.33. The van der Waals surface area contributed by atoms with Crippen molar-refractivity contribution in [1.82, 2.24) is 19.4 Å². The first kappa shape index (κ1) is 21.3. The van der Waals surface area contributed by atoms with Gasteiger partial charge in [0.05, 0.1) is 13.2 Å². The molecule has 0 radical (unpaired) electrons. The second kappa shape index (κ2) is 9.55. The third-order valence-electron chi connectivity index (χ3n) is 6.37. The molecule has 6 heteroatoms. The number of fused-ring (bicyclic) bond motifs is 1. The van der Waals surface area contributed by atoms with Crippen LogP contribution in [0.3, 0.4) is 0 Å². The molecule has 1 atom stereocenters. The third-order valence-corrected chi connectivity index (χ3v) is 6.37. The van der Waals surface area contributed by atoms with E-state index < -0.39 is 0 Å². The molecule has 6 nitrogen and oxygen atoms in total. The van der Waals surface area contributed by atoms with Crippen LogP contribution in [-0.4, -0.2) is 51.6 Å². The molecule has 0 spiro atoms. The molecule has 1 saturated heterocycles. The molecule has 5 rings (SSSR count). The quantitative estimate of drug-likeness (QED) is 0.468. The van der Waals surface area contributed by atoms with Crippen LogP contribution in [0.4, 0.5) is 0 Å². The van der Waals surface area contributed by atoms with Crippen molar-refractivity contribution in [1.29, 1.82) is 0 Å². The van der Waals surface area contributed by atoms with E-state index in [9.17, 15) is 4.79 Å². The first-order chi connectivity index (χ1) is 16.2. The lowest BCUT2D eigenvalue weighted by molar-refractivity contribution is 0.0736. The number of pyridine rings is 1. The number of rotatable bonds is 5. The Morgan fingerprint density at radius 1 is 1.12 bits per heavy atom. The lowest BCUT2D eigenvalue weighted by Crippen LogP contribution is -2.37. The summed E-state index contributed by atoms with van der Waals surface area (Å²) in [7, 11) is 0. The maximum absolute atomic E-state index is 13.6. The van der Waals surface area contributed by atoms with E-state index in [0.29, 0.717) is 32.8 Å². The van der Waals surface area contributed by atoms with Crippen molar-refractivity contribution in [3.8, 4) is 0 Å². The molecule has 1 aliphatic heterocycles. The topological polar surface area (TPSA) is 60.2 Å². The van der Waals surface area contributed by atoms with E-state index >= 15 is 0 Å². The maximum atomic E-state index is 13.6. The summed E-state index contributed by atoms with van der Waals surface area (Å²) in [6.45, 7) is 5.12. The van der Waals surface area contributed by atoms with Gasteiger partial charge in [-0.15, -0.1) is 0 Å². The van der Waals surface area contributed by atoms with Crippen molar-refractivity contribution in [3.63, 3.8) is 0 Å². The second-order valence-corrected chi connectivity index (χ2v) is 8.71. The number of imidazole rings is 1. The van der Waals surface area contributed by atoms with Crippen molar-refractivity contribution < 1.29 is 9.53 Å². The van der Waals surface area contributed by atoms with Crippen LogP contribution in [0.25, 0.3) is 10.8 Å². The number of benzene rings is 2. The molecule has 0 N–H and O–H groups in total. The number of carbonyl (C=O) groups is 1. The van der Waals surface area contributed by atoms with Gasteiger partial charge >= 0.3 is 0 Å². The molecule has 1 aliphatic rings. The summed E-state index contributed by atoms with van der Waals surface area (Å²) in [5.41, 5.74) is 3.00. The van der Waals surface area contributed by atoms with Crippen molar-refractivity contribution in [2.24, 2.45) is 5.92 Å². The minimum Gasteiger partial charge on any atom is -0.379 e. The molecule has 0 unspecified atom stereocenters. The van der Waals surface area contributed by atoms with Crippen LogP contribution >= 0.6 is 0 Å². The van der Waals surface area contributed by atoms with Gasteiger partial charge < -0.3 is 14.2 Å². The van der Waals surface area contributed by atoms with Crippen molar-refractivity contribution >= 4 is 16.7 Å². The summed E-state index contributed by atoms with van der Waals surface area (Å²) in [5.74, 6) is 1.25. The monoisotopic (exact) mass is 440 g/mol. The number of hydrogen-bond acceptors (Lipinski definition) is 4. The molecule has 4 aromatic rings.